The Kier molecular flexibility index (Phi) is 4.29. The number of carbonyl (C=O) groups excluding carboxylic acids is 1. The lowest BCUT2D eigenvalue weighted by Crippen LogP contribution is -2.53. The average Bonchev–Trinajstić information content (AvgIpc) is 3.17. The van der Waals surface area contributed by atoms with Crippen molar-refractivity contribution in [1.29, 1.82) is 0 Å². The van der Waals surface area contributed by atoms with Crippen LogP contribution in [0.15, 0.2) is 0 Å². The van der Waals surface area contributed by atoms with Gasteiger partial charge in [-0.15, -0.1) is 0 Å². The molecule has 2 amide bonds. The SMILES string of the molecule is CCC1(CNC(=O)N2CCN(CC(=O)O)CC2)CC1. The van der Waals surface area contributed by atoms with Crippen LogP contribution in [0.4, 0.5) is 4.79 Å². The number of hydrogen-bond donors (Lipinski definition) is 2. The summed E-state index contributed by atoms with van der Waals surface area (Å²) in [5.74, 6) is -0.809. The van der Waals surface area contributed by atoms with Gasteiger partial charge in [0.25, 0.3) is 0 Å². The van der Waals surface area contributed by atoms with Crippen LogP contribution >= 0.6 is 0 Å². The Morgan fingerprint density at radius 2 is 1.84 bits per heavy atom. The van der Waals surface area contributed by atoms with E-state index in [1.165, 1.54) is 12.8 Å². The maximum atomic E-state index is 12.0. The van der Waals surface area contributed by atoms with Crippen LogP contribution in [0.5, 0.6) is 0 Å². The monoisotopic (exact) mass is 269 g/mol. The summed E-state index contributed by atoms with van der Waals surface area (Å²) < 4.78 is 0. The van der Waals surface area contributed by atoms with E-state index >= 15 is 0 Å². The molecule has 0 unspecified atom stereocenters. The number of carboxylic acids is 1. The van der Waals surface area contributed by atoms with Crippen LogP contribution in [0, 0.1) is 5.41 Å². The number of rotatable bonds is 5. The summed E-state index contributed by atoms with van der Waals surface area (Å²) in [5, 5.41) is 11.7. The van der Waals surface area contributed by atoms with Gasteiger partial charge in [0.1, 0.15) is 0 Å². The van der Waals surface area contributed by atoms with Crippen LogP contribution in [0.2, 0.25) is 0 Å². The Morgan fingerprint density at radius 1 is 1.21 bits per heavy atom. The fourth-order valence-corrected chi connectivity index (χ4v) is 2.51. The van der Waals surface area contributed by atoms with Gasteiger partial charge in [-0.05, 0) is 24.7 Å². The molecule has 1 saturated carbocycles. The molecule has 1 heterocycles. The molecular weight excluding hydrogens is 246 g/mol. The molecule has 0 radical (unpaired) electrons. The number of carbonyl (C=O) groups is 2. The number of urea groups is 1. The molecule has 0 aromatic rings. The fourth-order valence-electron chi connectivity index (χ4n) is 2.51. The van der Waals surface area contributed by atoms with Crippen molar-refractivity contribution in [3.8, 4) is 0 Å². The van der Waals surface area contributed by atoms with Gasteiger partial charge in [0.05, 0.1) is 6.54 Å². The van der Waals surface area contributed by atoms with E-state index in [4.69, 9.17) is 5.11 Å². The third kappa shape index (κ3) is 3.83. The van der Waals surface area contributed by atoms with Crippen molar-refractivity contribution in [2.24, 2.45) is 5.41 Å². The predicted molar refractivity (Wildman–Crippen MR) is 71.0 cm³/mol. The second kappa shape index (κ2) is 5.77. The standard InChI is InChI=1S/C13H23N3O3/c1-2-13(3-4-13)10-14-12(19)16-7-5-15(6-8-16)9-11(17)18/h2-10H2,1H3,(H,14,19)(H,17,18). The Hall–Kier alpha value is -1.30. The Balaban J connectivity index is 1.69. The molecule has 2 rings (SSSR count). The molecule has 0 aromatic heterocycles. The van der Waals surface area contributed by atoms with E-state index in [0.29, 0.717) is 31.6 Å². The minimum atomic E-state index is -0.809. The number of piperazine rings is 1. The maximum Gasteiger partial charge on any atom is 0.317 e. The number of nitrogens with zero attached hydrogens (tertiary/aromatic N) is 2. The van der Waals surface area contributed by atoms with E-state index in [0.717, 1.165) is 13.0 Å². The third-order valence-corrected chi connectivity index (χ3v) is 4.34. The molecular formula is C13H23N3O3. The molecule has 0 spiro atoms. The van der Waals surface area contributed by atoms with E-state index in [2.05, 4.69) is 12.2 Å². The summed E-state index contributed by atoms with van der Waals surface area (Å²) in [7, 11) is 0. The lowest BCUT2D eigenvalue weighted by Gasteiger charge is -2.34. The molecule has 2 fully saturated rings. The molecule has 1 aliphatic heterocycles. The van der Waals surface area contributed by atoms with Gasteiger partial charge < -0.3 is 15.3 Å². The van der Waals surface area contributed by atoms with Crippen LogP contribution in [-0.2, 0) is 4.79 Å². The van der Waals surface area contributed by atoms with Crippen LogP contribution in [-0.4, -0.2) is 66.2 Å². The minimum absolute atomic E-state index is 0.00491. The molecule has 6 nitrogen and oxygen atoms in total. The topological polar surface area (TPSA) is 72.9 Å². The molecule has 1 aliphatic carbocycles. The highest BCUT2D eigenvalue weighted by Gasteiger charge is 2.41. The molecule has 2 aliphatic rings. The molecule has 0 bridgehead atoms. The molecule has 2 N–H and O–H groups in total. The van der Waals surface area contributed by atoms with Crippen LogP contribution < -0.4 is 5.32 Å². The minimum Gasteiger partial charge on any atom is -0.480 e. The number of aliphatic carboxylic acids is 1. The number of nitrogens with one attached hydrogen (secondary N) is 1. The first-order valence-corrected chi connectivity index (χ1v) is 7.02. The zero-order chi connectivity index (χ0) is 13.9. The van der Waals surface area contributed by atoms with Gasteiger partial charge in [-0.25, -0.2) is 4.79 Å². The molecule has 0 atom stereocenters. The van der Waals surface area contributed by atoms with E-state index in [-0.39, 0.29) is 12.6 Å². The molecule has 19 heavy (non-hydrogen) atoms. The number of amides is 2. The smallest absolute Gasteiger partial charge is 0.317 e. The normalized spacial score (nSPS) is 22.1. The predicted octanol–water partition coefficient (Wildman–Crippen LogP) is 0.588. The van der Waals surface area contributed by atoms with Crippen molar-refractivity contribution in [1.82, 2.24) is 15.1 Å². The van der Waals surface area contributed by atoms with E-state index in [1.54, 1.807) is 4.90 Å². The van der Waals surface area contributed by atoms with Crippen molar-refractivity contribution >= 4 is 12.0 Å². The van der Waals surface area contributed by atoms with E-state index in [1.807, 2.05) is 4.90 Å². The quantitative estimate of drug-likeness (QED) is 0.766. The first kappa shape index (κ1) is 14.1. The Morgan fingerprint density at radius 3 is 2.32 bits per heavy atom. The molecule has 6 heteroatoms. The van der Waals surface area contributed by atoms with Crippen molar-refractivity contribution < 1.29 is 14.7 Å². The van der Waals surface area contributed by atoms with Crippen molar-refractivity contribution in [3.05, 3.63) is 0 Å². The zero-order valence-corrected chi connectivity index (χ0v) is 11.5. The van der Waals surface area contributed by atoms with Gasteiger partial charge in [0, 0.05) is 32.7 Å². The summed E-state index contributed by atoms with van der Waals surface area (Å²) in [6.45, 7) is 5.50. The number of hydrogen-bond acceptors (Lipinski definition) is 3. The van der Waals surface area contributed by atoms with E-state index < -0.39 is 5.97 Å². The first-order valence-electron chi connectivity index (χ1n) is 7.02. The fraction of sp³-hybridized carbons (Fsp3) is 0.846. The summed E-state index contributed by atoms with van der Waals surface area (Å²) in [4.78, 5) is 26.2. The second-order valence-electron chi connectivity index (χ2n) is 5.67. The Bertz CT molecular complexity index is 347. The summed E-state index contributed by atoms with van der Waals surface area (Å²) in [5.41, 5.74) is 0.362. The van der Waals surface area contributed by atoms with Crippen molar-refractivity contribution in [2.75, 3.05) is 39.3 Å². The lowest BCUT2D eigenvalue weighted by atomic mass is 10.0. The summed E-state index contributed by atoms with van der Waals surface area (Å²) in [6.07, 6.45) is 3.56. The highest BCUT2D eigenvalue weighted by molar-refractivity contribution is 5.74. The van der Waals surface area contributed by atoms with Gasteiger partial charge in [0.2, 0.25) is 0 Å². The molecule has 0 aromatic carbocycles. The van der Waals surface area contributed by atoms with Crippen molar-refractivity contribution in [3.63, 3.8) is 0 Å². The first-order chi connectivity index (χ1) is 9.04. The summed E-state index contributed by atoms with van der Waals surface area (Å²) in [6, 6.07) is -0.00491. The average molecular weight is 269 g/mol. The van der Waals surface area contributed by atoms with Gasteiger partial charge in [0.15, 0.2) is 0 Å². The molecule has 1 saturated heterocycles. The summed E-state index contributed by atoms with van der Waals surface area (Å²) >= 11 is 0. The molecule has 108 valence electrons. The maximum absolute atomic E-state index is 12.0. The highest BCUT2D eigenvalue weighted by atomic mass is 16.4. The Labute approximate surface area is 113 Å². The van der Waals surface area contributed by atoms with Gasteiger partial charge in [-0.3, -0.25) is 9.69 Å². The van der Waals surface area contributed by atoms with Gasteiger partial charge in [-0.2, -0.15) is 0 Å². The lowest BCUT2D eigenvalue weighted by molar-refractivity contribution is -0.138. The van der Waals surface area contributed by atoms with E-state index in [9.17, 15) is 9.59 Å². The van der Waals surface area contributed by atoms with Gasteiger partial charge >= 0.3 is 12.0 Å². The van der Waals surface area contributed by atoms with Crippen LogP contribution in [0.25, 0.3) is 0 Å². The van der Waals surface area contributed by atoms with Crippen molar-refractivity contribution in [2.45, 2.75) is 26.2 Å². The third-order valence-electron chi connectivity index (χ3n) is 4.34. The largest absolute Gasteiger partial charge is 0.480 e. The second-order valence-corrected chi connectivity index (χ2v) is 5.67. The van der Waals surface area contributed by atoms with Crippen LogP contribution in [0.1, 0.15) is 26.2 Å². The zero-order valence-electron chi connectivity index (χ0n) is 11.5. The van der Waals surface area contributed by atoms with Crippen LogP contribution in [0.3, 0.4) is 0 Å². The van der Waals surface area contributed by atoms with Gasteiger partial charge in [-0.1, -0.05) is 6.92 Å². The highest BCUT2D eigenvalue weighted by Crippen LogP contribution is 2.47. The number of carboxylic acid groups (broad SMARTS) is 1.